The predicted molar refractivity (Wildman–Crippen MR) is 98.3 cm³/mol. The molecule has 2 heterocycles. The van der Waals surface area contributed by atoms with Crippen molar-refractivity contribution in [1.82, 2.24) is 14.5 Å². The molecule has 1 unspecified atom stereocenters. The Bertz CT molecular complexity index is 951. The molecule has 2 aromatic heterocycles. The van der Waals surface area contributed by atoms with E-state index in [1.807, 2.05) is 39.0 Å². The molecule has 0 radical (unpaired) electrons. The van der Waals surface area contributed by atoms with E-state index in [4.69, 9.17) is 11.6 Å². The van der Waals surface area contributed by atoms with Gasteiger partial charge in [-0.1, -0.05) is 24.6 Å². The third-order valence-corrected chi connectivity index (χ3v) is 4.53. The Morgan fingerprint density at radius 3 is 2.79 bits per heavy atom. The minimum atomic E-state index is -0.0557. The number of benzene rings is 1. The van der Waals surface area contributed by atoms with Crippen molar-refractivity contribution in [2.75, 3.05) is 5.32 Å². The monoisotopic (exact) mass is 342 g/mol. The van der Waals surface area contributed by atoms with Crippen LogP contribution in [-0.4, -0.2) is 14.5 Å². The van der Waals surface area contributed by atoms with Gasteiger partial charge in [-0.15, -0.1) is 0 Å². The number of pyridine rings is 1. The van der Waals surface area contributed by atoms with Crippen molar-refractivity contribution >= 4 is 34.3 Å². The quantitative estimate of drug-likeness (QED) is 0.760. The summed E-state index contributed by atoms with van der Waals surface area (Å²) in [5.41, 5.74) is 2.39. The van der Waals surface area contributed by atoms with Crippen molar-refractivity contribution in [3.05, 3.63) is 57.5 Å². The molecule has 0 aliphatic carbocycles. The maximum atomic E-state index is 12.2. The van der Waals surface area contributed by atoms with Crippen LogP contribution in [0.5, 0.6) is 0 Å². The first-order valence-corrected chi connectivity index (χ1v) is 8.29. The van der Waals surface area contributed by atoms with Gasteiger partial charge in [0, 0.05) is 34.4 Å². The van der Waals surface area contributed by atoms with E-state index in [1.165, 1.54) is 0 Å². The van der Waals surface area contributed by atoms with Crippen molar-refractivity contribution in [2.24, 2.45) is 0 Å². The topological polar surface area (TPSA) is 59.8 Å². The molecule has 1 aromatic carbocycles. The number of halogens is 1. The molecule has 3 rings (SSSR count). The first-order valence-electron chi connectivity index (χ1n) is 7.91. The van der Waals surface area contributed by atoms with E-state index in [0.29, 0.717) is 16.6 Å². The van der Waals surface area contributed by atoms with Crippen LogP contribution in [0, 0.1) is 6.92 Å². The minimum Gasteiger partial charge on any atom is -0.324 e. The summed E-state index contributed by atoms with van der Waals surface area (Å²) in [6.45, 7) is 6.00. The standard InChI is InChI=1S/C18H19ClN4O/c1-4-12(3)23-16(24)8-6-13-10-20-18(22-17(13)23)21-14-7-5-11(2)15(19)9-14/h5-10,12H,4H2,1-3H3,(H,20,21,22). The first kappa shape index (κ1) is 16.5. The third kappa shape index (κ3) is 3.12. The number of aromatic nitrogens is 3. The van der Waals surface area contributed by atoms with Crippen LogP contribution in [0.25, 0.3) is 11.0 Å². The minimum absolute atomic E-state index is 0.0557. The fraction of sp³-hybridized carbons (Fsp3) is 0.278. The van der Waals surface area contributed by atoms with Gasteiger partial charge in [-0.2, -0.15) is 4.98 Å². The van der Waals surface area contributed by atoms with E-state index in [9.17, 15) is 4.79 Å². The zero-order valence-corrected chi connectivity index (χ0v) is 14.6. The van der Waals surface area contributed by atoms with Crippen molar-refractivity contribution < 1.29 is 0 Å². The molecule has 1 N–H and O–H groups in total. The number of rotatable bonds is 4. The predicted octanol–water partition coefficient (Wildman–Crippen LogP) is 4.47. The lowest BCUT2D eigenvalue weighted by Gasteiger charge is -2.16. The van der Waals surface area contributed by atoms with E-state index < -0.39 is 0 Å². The highest BCUT2D eigenvalue weighted by molar-refractivity contribution is 6.31. The summed E-state index contributed by atoms with van der Waals surface area (Å²) in [6.07, 6.45) is 2.57. The van der Waals surface area contributed by atoms with Crippen molar-refractivity contribution in [3.63, 3.8) is 0 Å². The summed E-state index contributed by atoms with van der Waals surface area (Å²) in [5.74, 6) is 0.435. The molecule has 24 heavy (non-hydrogen) atoms. The summed E-state index contributed by atoms with van der Waals surface area (Å²) in [7, 11) is 0. The van der Waals surface area contributed by atoms with E-state index >= 15 is 0 Å². The van der Waals surface area contributed by atoms with Crippen LogP contribution in [0.3, 0.4) is 0 Å². The molecule has 0 saturated heterocycles. The normalized spacial score (nSPS) is 12.3. The van der Waals surface area contributed by atoms with Crippen molar-refractivity contribution in [1.29, 1.82) is 0 Å². The molecule has 3 aromatic rings. The van der Waals surface area contributed by atoms with Gasteiger partial charge in [0.15, 0.2) is 0 Å². The fourth-order valence-corrected chi connectivity index (χ4v) is 2.69. The fourth-order valence-electron chi connectivity index (χ4n) is 2.51. The molecular formula is C18H19ClN4O. The molecule has 5 nitrogen and oxygen atoms in total. The number of nitrogens with one attached hydrogen (secondary N) is 1. The van der Waals surface area contributed by atoms with E-state index in [-0.39, 0.29) is 11.6 Å². The van der Waals surface area contributed by atoms with Gasteiger partial charge in [0.1, 0.15) is 5.65 Å². The average Bonchev–Trinajstić information content (AvgIpc) is 2.57. The van der Waals surface area contributed by atoms with Gasteiger partial charge in [-0.05, 0) is 44.0 Å². The molecule has 0 amide bonds. The van der Waals surface area contributed by atoms with Gasteiger partial charge < -0.3 is 5.32 Å². The van der Waals surface area contributed by atoms with Crippen LogP contribution < -0.4 is 10.9 Å². The van der Waals surface area contributed by atoms with Gasteiger partial charge in [0.25, 0.3) is 5.56 Å². The smallest absolute Gasteiger partial charge is 0.252 e. The van der Waals surface area contributed by atoms with E-state index in [2.05, 4.69) is 15.3 Å². The molecule has 1 atom stereocenters. The lowest BCUT2D eigenvalue weighted by atomic mass is 10.2. The molecule has 0 aliphatic heterocycles. The second-order valence-electron chi connectivity index (χ2n) is 5.86. The summed E-state index contributed by atoms with van der Waals surface area (Å²) in [6, 6.07) is 9.06. The Hall–Kier alpha value is -2.40. The van der Waals surface area contributed by atoms with E-state index in [1.54, 1.807) is 22.9 Å². The zero-order valence-electron chi connectivity index (χ0n) is 13.9. The lowest BCUT2D eigenvalue weighted by molar-refractivity contribution is 0.528. The van der Waals surface area contributed by atoms with Gasteiger partial charge in [-0.3, -0.25) is 9.36 Å². The van der Waals surface area contributed by atoms with Crippen LogP contribution in [0.4, 0.5) is 11.6 Å². The number of nitrogens with zero attached hydrogens (tertiary/aromatic N) is 3. The summed E-state index contributed by atoms with van der Waals surface area (Å²) in [5, 5.41) is 4.66. The molecule has 0 spiro atoms. The second-order valence-corrected chi connectivity index (χ2v) is 6.27. The first-order chi connectivity index (χ1) is 11.5. The summed E-state index contributed by atoms with van der Waals surface area (Å²) < 4.78 is 1.71. The zero-order chi connectivity index (χ0) is 17.3. The van der Waals surface area contributed by atoms with Gasteiger partial charge in [-0.25, -0.2) is 4.98 Å². The van der Waals surface area contributed by atoms with Gasteiger partial charge >= 0.3 is 0 Å². The number of hydrogen-bond acceptors (Lipinski definition) is 4. The number of fused-ring (bicyclic) bond motifs is 1. The number of hydrogen-bond donors (Lipinski definition) is 1. The Balaban J connectivity index is 2.06. The van der Waals surface area contributed by atoms with Crippen LogP contribution in [-0.2, 0) is 0 Å². The van der Waals surface area contributed by atoms with Gasteiger partial charge in [0.2, 0.25) is 5.95 Å². The van der Waals surface area contributed by atoms with Crippen LogP contribution in [0.1, 0.15) is 31.9 Å². The molecule has 6 heteroatoms. The Morgan fingerprint density at radius 2 is 2.08 bits per heavy atom. The molecule has 0 aliphatic rings. The lowest BCUT2D eigenvalue weighted by Crippen LogP contribution is -2.23. The summed E-state index contributed by atoms with van der Waals surface area (Å²) in [4.78, 5) is 21.1. The van der Waals surface area contributed by atoms with E-state index in [0.717, 1.165) is 23.1 Å². The molecule has 124 valence electrons. The van der Waals surface area contributed by atoms with Crippen LogP contribution >= 0.6 is 11.6 Å². The molecule has 0 bridgehead atoms. The average molecular weight is 343 g/mol. The number of aryl methyl sites for hydroxylation is 1. The molecule has 0 saturated carbocycles. The number of anilines is 2. The molecule has 0 fully saturated rings. The Morgan fingerprint density at radius 1 is 1.29 bits per heavy atom. The van der Waals surface area contributed by atoms with Crippen LogP contribution in [0.2, 0.25) is 5.02 Å². The molecular weight excluding hydrogens is 324 g/mol. The second kappa shape index (κ2) is 6.61. The highest BCUT2D eigenvalue weighted by atomic mass is 35.5. The maximum Gasteiger partial charge on any atom is 0.252 e. The SMILES string of the molecule is CCC(C)n1c(=O)ccc2cnc(Nc3ccc(C)c(Cl)c3)nc21. The maximum absolute atomic E-state index is 12.2. The third-order valence-electron chi connectivity index (χ3n) is 4.13. The van der Waals surface area contributed by atoms with Gasteiger partial charge in [0.05, 0.1) is 0 Å². The highest BCUT2D eigenvalue weighted by Gasteiger charge is 2.11. The van der Waals surface area contributed by atoms with Crippen molar-refractivity contribution in [2.45, 2.75) is 33.2 Å². The Kier molecular flexibility index (Phi) is 4.53. The summed E-state index contributed by atoms with van der Waals surface area (Å²) >= 11 is 6.16. The largest absolute Gasteiger partial charge is 0.324 e. The highest BCUT2D eigenvalue weighted by Crippen LogP contribution is 2.23. The van der Waals surface area contributed by atoms with Crippen LogP contribution in [0.15, 0.2) is 41.3 Å². The Labute approximate surface area is 145 Å². The van der Waals surface area contributed by atoms with Crippen molar-refractivity contribution in [3.8, 4) is 0 Å².